The molecule has 0 saturated heterocycles. The van der Waals surface area contributed by atoms with Gasteiger partial charge in [-0.15, -0.1) is 0 Å². The van der Waals surface area contributed by atoms with E-state index in [0.29, 0.717) is 0 Å². The van der Waals surface area contributed by atoms with Gasteiger partial charge >= 0.3 is 6.18 Å². The van der Waals surface area contributed by atoms with Crippen LogP contribution >= 0.6 is 0 Å². The van der Waals surface area contributed by atoms with Crippen LogP contribution in [0.5, 0.6) is 0 Å². The Labute approximate surface area is 108 Å². The number of rotatable bonds is 1. The summed E-state index contributed by atoms with van der Waals surface area (Å²) in [6.07, 6.45) is -1.94. The van der Waals surface area contributed by atoms with Crippen LogP contribution in [0.15, 0.2) is 18.2 Å². The Morgan fingerprint density at radius 2 is 1.68 bits per heavy atom. The number of hydrogen-bond acceptors (Lipinski definition) is 2. The van der Waals surface area contributed by atoms with E-state index in [1.54, 1.807) is 0 Å². The van der Waals surface area contributed by atoms with E-state index in [9.17, 15) is 22.8 Å². The molecule has 19 heavy (non-hydrogen) atoms. The van der Waals surface area contributed by atoms with Crippen LogP contribution in [0.25, 0.3) is 0 Å². The minimum atomic E-state index is -4.58. The maximum atomic E-state index is 12.4. The van der Waals surface area contributed by atoms with Crippen molar-refractivity contribution in [2.45, 2.75) is 32.9 Å². The highest BCUT2D eigenvalue weighted by atomic mass is 19.4. The number of amides is 1. The number of anilines is 1. The molecule has 0 aliphatic carbocycles. The van der Waals surface area contributed by atoms with Crippen molar-refractivity contribution >= 4 is 17.4 Å². The summed E-state index contributed by atoms with van der Waals surface area (Å²) in [5, 5.41) is 1.91. The minimum Gasteiger partial charge on any atom is -0.318 e. The van der Waals surface area contributed by atoms with Crippen LogP contribution in [0.3, 0.4) is 0 Å². The number of hydrogen-bond donors (Lipinski definition) is 1. The van der Waals surface area contributed by atoms with Gasteiger partial charge in [0.1, 0.15) is 0 Å². The topological polar surface area (TPSA) is 46.2 Å². The normalized spacial score (nSPS) is 13.5. The Hall–Kier alpha value is -1.85. The molecule has 1 aliphatic rings. The smallest absolute Gasteiger partial charge is 0.318 e. The van der Waals surface area contributed by atoms with Gasteiger partial charge in [-0.25, -0.2) is 0 Å². The number of halogens is 3. The second-order valence-electron chi connectivity index (χ2n) is 4.01. The molecule has 1 aromatic rings. The van der Waals surface area contributed by atoms with Crippen molar-refractivity contribution in [3.63, 3.8) is 0 Å². The molecule has 6 heteroatoms. The van der Waals surface area contributed by atoms with E-state index in [1.165, 1.54) is 18.9 Å². The second-order valence-corrected chi connectivity index (χ2v) is 4.01. The molecule has 1 heterocycles. The van der Waals surface area contributed by atoms with Crippen LogP contribution in [0, 0.1) is 0 Å². The Morgan fingerprint density at radius 1 is 1.11 bits per heavy atom. The fourth-order valence-corrected chi connectivity index (χ4v) is 1.41. The third-order valence-corrected chi connectivity index (χ3v) is 2.56. The molecule has 0 saturated carbocycles. The molecule has 0 radical (unpaired) electrons. The SMILES string of the molecule is CCCC.O=C1Nc2c(cccc2C(F)(F)F)C1=O. The van der Waals surface area contributed by atoms with E-state index in [1.807, 2.05) is 5.32 Å². The van der Waals surface area contributed by atoms with Gasteiger partial charge < -0.3 is 5.32 Å². The molecule has 3 nitrogen and oxygen atoms in total. The summed E-state index contributed by atoms with van der Waals surface area (Å²) < 4.78 is 37.3. The summed E-state index contributed by atoms with van der Waals surface area (Å²) in [7, 11) is 0. The molecule has 0 fully saturated rings. The molecule has 0 aromatic heterocycles. The van der Waals surface area contributed by atoms with Crippen molar-refractivity contribution in [1.82, 2.24) is 0 Å². The van der Waals surface area contributed by atoms with E-state index < -0.39 is 29.1 Å². The van der Waals surface area contributed by atoms with Gasteiger partial charge in [-0.1, -0.05) is 32.8 Å². The predicted octanol–water partition coefficient (Wildman–Crippen LogP) is 3.65. The van der Waals surface area contributed by atoms with Crippen molar-refractivity contribution in [2.24, 2.45) is 0 Å². The first kappa shape index (κ1) is 15.2. The van der Waals surface area contributed by atoms with Crippen molar-refractivity contribution < 1.29 is 22.8 Å². The Balaban J connectivity index is 0.000000399. The lowest BCUT2D eigenvalue weighted by molar-refractivity contribution is -0.136. The van der Waals surface area contributed by atoms with Crippen LogP contribution in [0.2, 0.25) is 0 Å². The predicted molar refractivity (Wildman–Crippen MR) is 65.0 cm³/mol. The molecule has 1 aromatic carbocycles. The van der Waals surface area contributed by atoms with Gasteiger partial charge in [-0.05, 0) is 12.1 Å². The number of Topliss-reactive ketones (excluding diaryl/α,β-unsaturated/α-hetero) is 1. The summed E-state index contributed by atoms with van der Waals surface area (Å²) in [5.41, 5.74) is -1.67. The number of unbranched alkanes of at least 4 members (excludes halogenated alkanes) is 1. The zero-order chi connectivity index (χ0) is 14.6. The Kier molecular flexibility index (Phi) is 4.69. The summed E-state index contributed by atoms with van der Waals surface area (Å²) >= 11 is 0. The first-order valence-electron chi connectivity index (χ1n) is 5.88. The molecule has 0 unspecified atom stereocenters. The van der Waals surface area contributed by atoms with Gasteiger partial charge in [0.25, 0.3) is 11.7 Å². The lowest BCUT2D eigenvalue weighted by Gasteiger charge is -2.10. The fraction of sp³-hybridized carbons (Fsp3) is 0.385. The molecule has 0 bridgehead atoms. The Bertz CT molecular complexity index is 493. The number of ketones is 1. The molecule has 1 aliphatic heterocycles. The largest absolute Gasteiger partial charge is 0.418 e. The molecule has 104 valence electrons. The molecular weight excluding hydrogens is 259 g/mol. The van der Waals surface area contributed by atoms with Crippen LogP contribution in [0.1, 0.15) is 42.6 Å². The van der Waals surface area contributed by atoms with E-state index in [4.69, 9.17) is 0 Å². The van der Waals surface area contributed by atoms with Crippen molar-refractivity contribution in [2.75, 3.05) is 5.32 Å². The number of benzene rings is 1. The highest BCUT2D eigenvalue weighted by Gasteiger charge is 2.39. The first-order valence-corrected chi connectivity index (χ1v) is 5.88. The van der Waals surface area contributed by atoms with Gasteiger partial charge in [0.15, 0.2) is 0 Å². The first-order chi connectivity index (χ1) is 8.82. The summed E-state index contributed by atoms with van der Waals surface area (Å²) in [5.74, 6) is -1.96. The van der Waals surface area contributed by atoms with E-state index in [-0.39, 0.29) is 5.56 Å². The lowest BCUT2D eigenvalue weighted by Crippen LogP contribution is -2.13. The molecule has 1 amide bonds. The highest BCUT2D eigenvalue weighted by molar-refractivity contribution is 6.51. The number of para-hydroxylation sites is 1. The number of carbonyl (C=O) groups is 2. The summed E-state index contributed by atoms with van der Waals surface area (Å²) in [6.45, 7) is 4.36. The molecular formula is C13H14F3NO2. The average molecular weight is 273 g/mol. The van der Waals surface area contributed by atoms with E-state index >= 15 is 0 Å². The monoisotopic (exact) mass is 273 g/mol. The number of alkyl halides is 3. The average Bonchev–Trinajstić information content (AvgIpc) is 2.64. The van der Waals surface area contributed by atoms with Crippen molar-refractivity contribution in [3.05, 3.63) is 29.3 Å². The quantitative estimate of drug-likeness (QED) is 0.794. The zero-order valence-electron chi connectivity index (χ0n) is 10.6. The van der Waals surface area contributed by atoms with Crippen LogP contribution in [-0.4, -0.2) is 11.7 Å². The molecule has 0 atom stereocenters. The third-order valence-electron chi connectivity index (χ3n) is 2.56. The maximum Gasteiger partial charge on any atom is 0.418 e. The minimum absolute atomic E-state index is 0.227. The fourth-order valence-electron chi connectivity index (χ4n) is 1.41. The van der Waals surface area contributed by atoms with Gasteiger partial charge in [-0.3, -0.25) is 9.59 Å². The van der Waals surface area contributed by atoms with Crippen LogP contribution < -0.4 is 5.32 Å². The summed E-state index contributed by atoms with van der Waals surface area (Å²) in [4.78, 5) is 22.0. The maximum absolute atomic E-state index is 12.4. The van der Waals surface area contributed by atoms with E-state index in [2.05, 4.69) is 13.8 Å². The highest BCUT2D eigenvalue weighted by Crippen LogP contribution is 2.38. The van der Waals surface area contributed by atoms with E-state index in [0.717, 1.165) is 12.1 Å². The van der Waals surface area contributed by atoms with Gasteiger partial charge in [-0.2, -0.15) is 13.2 Å². The molecule has 0 spiro atoms. The van der Waals surface area contributed by atoms with Gasteiger partial charge in [0.2, 0.25) is 0 Å². The van der Waals surface area contributed by atoms with Gasteiger partial charge in [0, 0.05) is 0 Å². The zero-order valence-corrected chi connectivity index (χ0v) is 10.6. The second kappa shape index (κ2) is 5.86. The molecule has 1 N–H and O–H groups in total. The Morgan fingerprint density at radius 3 is 2.16 bits per heavy atom. The van der Waals surface area contributed by atoms with Gasteiger partial charge in [0.05, 0.1) is 16.8 Å². The van der Waals surface area contributed by atoms with Crippen molar-refractivity contribution in [3.8, 4) is 0 Å². The lowest BCUT2D eigenvalue weighted by atomic mass is 10.1. The molecule has 2 rings (SSSR count). The number of carbonyl (C=O) groups excluding carboxylic acids is 2. The third kappa shape index (κ3) is 3.33. The van der Waals surface area contributed by atoms with Crippen molar-refractivity contribution in [1.29, 1.82) is 0 Å². The standard InChI is InChI=1S/C9H4F3NO2.C4H10/c10-9(11,12)5-3-1-2-4-6(5)13-8(15)7(4)14;1-3-4-2/h1-3H,(H,13,14,15);3-4H2,1-2H3. The summed E-state index contributed by atoms with van der Waals surface area (Å²) in [6, 6.07) is 3.10. The van der Waals surface area contributed by atoms with Crippen LogP contribution in [-0.2, 0) is 11.0 Å². The number of fused-ring (bicyclic) bond motifs is 1. The number of nitrogens with one attached hydrogen (secondary N) is 1. The van der Waals surface area contributed by atoms with Crippen LogP contribution in [0.4, 0.5) is 18.9 Å².